The number of benzene rings is 2. The zero-order valence-corrected chi connectivity index (χ0v) is 18.1. The Morgan fingerprint density at radius 1 is 0.774 bits per heavy atom. The third-order valence-electron chi connectivity index (χ3n) is 4.82. The lowest BCUT2D eigenvalue weighted by Gasteiger charge is -2.16. The van der Waals surface area contributed by atoms with Gasteiger partial charge in [0.05, 0.1) is 43.6 Å². The number of fused-ring (bicyclic) bond motifs is 1. The van der Waals surface area contributed by atoms with Crippen LogP contribution in [0.1, 0.15) is 12.8 Å². The molecule has 0 spiro atoms. The fourth-order valence-corrected chi connectivity index (χ4v) is 3.47. The van der Waals surface area contributed by atoms with Crippen molar-refractivity contribution in [1.82, 2.24) is 19.9 Å². The molecule has 0 fully saturated rings. The van der Waals surface area contributed by atoms with E-state index in [2.05, 4.69) is 25.3 Å². The van der Waals surface area contributed by atoms with E-state index in [1.54, 1.807) is 27.4 Å². The highest BCUT2D eigenvalue weighted by Gasteiger charge is 2.20. The molecule has 160 valence electrons. The van der Waals surface area contributed by atoms with Gasteiger partial charge >= 0.3 is 0 Å². The van der Waals surface area contributed by atoms with Crippen molar-refractivity contribution in [2.24, 2.45) is 0 Å². The first-order chi connectivity index (χ1) is 15.0. The average molecular weight is 419 g/mol. The molecule has 0 aliphatic heterocycles. The first kappa shape index (κ1) is 20.3. The van der Waals surface area contributed by atoms with Crippen molar-refractivity contribution in [2.75, 3.05) is 26.6 Å². The second kappa shape index (κ2) is 8.43. The Balaban J connectivity index is 0.00000289. The highest BCUT2D eigenvalue weighted by molar-refractivity contribution is 5.93. The van der Waals surface area contributed by atoms with E-state index in [0.29, 0.717) is 34.7 Å². The summed E-state index contributed by atoms with van der Waals surface area (Å²) >= 11 is 0. The minimum atomic E-state index is 0. The monoisotopic (exact) mass is 419 g/mol. The molecule has 0 saturated heterocycles. The quantitative estimate of drug-likeness (QED) is 0.480. The number of aromatic nitrogens is 4. The van der Waals surface area contributed by atoms with Crippen LogP contribution in [-0.4, -0.2) is 41.3 Å². The summed E-state index contributed by atoms with van der Waals surface area (Å²) in [5, 5.41) is 3.88. The molecule has 4 rings (SSSR count). The summed E-state index contributed by atoms with van der Waals surface area (Å²) in [7, 11) is 4.72. The molecule has 4 aromatic rings. The smallest absolute Gasteiger partial charge is 0.230 e. The van der Waals surface area contributed by atoms with Crippen molar-refractivity contribution in [3.63, 3.8) is 0 Å². The highest BCUT2D eigenvalue weighted by Crippen LogP contribution is 2.43. The molecule has 0 saturated carbocycles. The van der Waals surface area contributed by atoms with Crippen molar-refractivity contribution in [3.8, 4) is 28.5 Å². The van der Waals surface area contributed by atoms with Crippen LogP contribution < -0.4 is 19.5 Å². The average Bonchev–Trinajstić information content (AvgIpc) is 2.77. The van der Waals surface area contributed by atoms with Crippen LogP contribution in [0.3, 0.4) is 0 Å². The topological polar surface area (TPSA) is 91.3 Å². The summed E-state index contributed by atoms with van der Waals surface area (Å²) in [6, 6.07) is 13.7. The lowest BCUT2D eigenvalue weighted by molar-refractivity contribution is 0.327. The van der Waals surface area contributed by atoms with E-state index in [-0.39, 0.29) is 1.43 Å². The van der Waals surface area contributed by atoms with Gasteiger partial charge in [-0.1, -0.05) is 30.3 Å². The molecular formula is C23H25N5O3. The lowest BCUT2D eigenvalue weighted by Crippen LogP contribution is -2.05. The van der Waals surface area contributed by atoms with E-state index >= 15 is 0 Å². The Hall–Kier alpha value is -3.94. The number of nitrogens with one attached hydrogen (secondary N) is 1. The van der Waals surface area contributed by atoms with Gasteiger partial charge in [-0.2, -0.15) is 0 Å². The molecule has 2 aromatic carbocycles. The molecular weight excluding hydrogens is 394 g/mol. The van der Waals surface area contributed by atoms with E-state index < -0.39 is 0 Å². The van der Waals surface area contributed by atoms with Crippen LogP contribution in [0, 0.1) is 13.8 Å². The molecule has 0 unspecified atom stereocenters. The first-order valence-corrected chi connectivity index (χ1v) is 9.69. The van der Waals surface area contributed by atoms with Gasteiger partial charge in [0.25, 0.3) is 0 Å². The summed E-state index contributed by atoms with van der Waals surface area (Å²) in [5.41, 5.74) is 4.04. The summed E-state index contributed by atoms with van der Waals surface area (Å²) in [4.78, 5) is 18.3. The number of hydrogen-bond donors (Lipinski definition) is 1. The van der Waals surface area contributed by atoms with Crippen LogP contribution in [0.15, 0.2) is 42.5 Å². The second-order valence-corrected chi connectivity index (χ2v) is 6.88. The normalized spacial score (nSPS) is 10.7. The summed E-state index contributed by atoms with van der Waals surface area (Å²) in [6.45, 7) is 3.81. The SMILES string of the molecule is COc1cc2nc(Nc3nc(C)cc(-c4ccccc4)n3)nc(C)c2c(OC)c1OC.[HH]. The number of ether oxygens (including phenoxy) is 3. The predicted octanol–water partition coefficient (Wildman–Crippen LogP) is 4.72. The van der Waals surface area contributed by atoms with Crippen molar-refractivity contribution in [2.45, 2.75) is 13.8 Å². The number of methoxy groups -OCH3 is 3. The van der Waals surface area contributed by atoms with Gasteiger partial charge in [0.2, 0.25) is 17.6 Å². The molecule has 0 radical (unpaired) electrons. The van der Waals surface area contributed by atoms with Crippen LogP contribution in [0.4, 0.5) is 11.9 Å². The highest BCUT2D eigenvalue weighted by atomic mass is 16.5. The van der Waals surface area contributed by atoms with Crippen LogP contribution in [-0.2, 0) is 0 Å². The van der Waals surface area contributed by atoms with Gasteiger partial charge in [-0.3, -0.25) is 5.32 Å². The molecule has 0 atom stereocenters. The van der Waals surface area contributed by atoms with Gasteiger partial charge in [-0.05, 0) is 19.9 Å². The Labute approximate surface area is 181 Å². The number of aryl methyl sites for hydroxylation is 2. The molecule has 8 nitrogen and oxygen atoms in total. The molecule has 2 aromatic heterocycles. The van der Waals surface area contributed by atoms with E-state index in [0.717, 1.165) is 28.0 Å². The van der Waals surface area contributed by atoms with Crippen molar-refractivity contribution < 1.29 is 15.6 Å². The maximum absolute atomic E-state index is 5.58. The Bertz CT molecular complexity index is 1250. The molecule has 0 aliphatic carbocycles. The fraction of sp³-hybridized carbons (Fsp3) is 0.217. The van der Waals surface area contributed by atoms with E-state index in [4.69, 9.17) is 14.2 Å². The fourth-order valence-electron chi connectivity index (χ4n) is 3.47. The summed E-state index contributed by atoms with van der Waals surface area (Å²) < 4.78 is 16.5. The molecule has 8 heteroatoms. The third-order valence-corrected chi connectivity index (χ3v) is 4.82. The number of hydrogen-bond acceptors (Lipinski definition) is 8. The lowest BCUT2D eigenvalue weighted by atomic mass is 10.1. The van der Waals surface area contributed by atoms with E-state index in [1.165, 1.54) is 0 Å². The van der Waals surface area contributed by atoms with Crippen LogP contribution >= 0.6 is 0 Å². The Morgan fingerprint density at radius 3 is 2.16 bits per heavy atom. The molecule has 0 aliphatic rings. The zero-order chi connectivity index (χ0) is 22.0. The van der Waals surface area contributed by atoms with Crippen LogP contribution in [0.25, 0.3) is 22.2 Å². The van der Waals surface area contributed by atoms with Crippen molar-refractivity contribution in [1.29, 1.82) is 0 Å². The number of rotatable bonds is 6. The van der Waals surface area contributed by atoms with Gasteiger partial charge < -0.3 is 14.2 Å². The Morgan fingerprint density at radius 2 is 1.48 bits per heavy atom. The van der Waals surface area contributed by atoms with Crippen molar-refractivity contribution >= 4 is 22.8 Å². The van der Waals surface area contributed by atoms with Gasteiger partial charge in [0.15, 0.2) is 11.5 Å². The van der Waals surface area contributed by atoms with Crippen LogP contribution in [0.5, 0.6) is 17.2 Å². The van der Waals surface area contributed by atoms with E-state index in [1.807, 2.05) is 50.2 Å². The largest absolute Gasteiger partial charge is 0.493 e. The molecule has 1 N–H and O–H groups in total. The third kappa shape index (κ3) is 3.92. The minimum Gasteiger partial charge on any atom is -0.493 e. The number of nitrogens with zero attached hydrogens (tertiary/aromatic N) is 4. The van der Waals surface area contributed by atoms with Crippen LogP contribution in [0.2, 0.25) is 0 Å². The maximum atomic E-state index is 5.58. The maximum Gasteiger partial charge on any atom is 0.230 e. The first-order valence-electron chi connectivity index (χ1n) is 9.69. The Kier molecular flexibility index (Phi) is 5.53. The van der Waals surface area contributed by atoms with Gasteiger partial charge in [-0.15, -0.1) is 0 Å². The molecule has 0 amide bonds. The van der Waals surface area contributed by atoms with Crippen molar-refractivity contribution in [3.05, 3.63) is 53.9 Å². The standard InChI is InChI=1S/C23H23N5O3.H2/c1-13-11-16(15-9-7-6-8-10-15)26-22(24-13)28-23-25-14(2)19-17(27-23)12-18(29-3)20(30-4)21(19)31-5;/h6-12H,1-5H3,(H,24,25,26,27,28);1H. The summed E-state index contributed by atoms with van der Waals surface area (Å²) in [6.07, 6.45) is 0. The summed E-state index contributed by atoms with van der Waals surface area (Å²) in [5.74, 6) is 2.35. The molecule has 31 heavy (non-hydrogen) atoms. The van der Waals surface area contributed by atoms with E-state index in [9.17, 15) is 0 Å². The van der Waals surface area contributed by atoms with Gasteiger partial charge in [0.1, 0.15) is 0 Å². The molecule has 2 heterocycles. The predicted molar refractivity (Wildman–Crippen MR) is 122 cm³/mol. The molecule has 0 bridgehead atoms. The second-order valence-electron chi connectivity index (χ2n) is 6.88. The minimum absolute atomic E-state index is 0. The van der Waals surface area contributed by atoms with Gasteiger partial charge in [0, 0.05) is 18.8 Å². The number of anilines is 2. The zero-order valence-electron chi connectivity index (χ0n) is 18.1. The van der Waals surface area contributed by atoms with Gasteiger partial charge in [-0.25, -0.2) is 19.9 Å².